The molecule has 1 nitrogen and oxygen atoms in total. The van der Waals surface area contributed by atoms with E-state index in [4.69, 9.17) is 0 Å². The Morgan fingerprint density at radius 2 is 1.67 bits per heavy atom. The van der Waals surface area contributed by atoms with Crippen molar-refractivity contribution in [2.75, 3.05) is 0 Å². The minimum Gasteiger partial charge on any atom is -0.393 e. The Balaban J connectivity index is 1.48. The molecule has 9 atom stereocenters. The normalized spacial score (nSPS) is 45.3. The molecule has 4 rings (SSSR count). The van der Waals surface area contributed by atoms with Gasteiger partial charge in [0.25, 0.3) is 0 Å². The van der Waals surface area contributed by atoms with E-state index in [1.165, 1.54) is 57.8 Å². The monoisotopic (exact) mass is 414 g/mol. The van der Waals surface area contributed by atoms with E-state index in [9.17, 15) is 5.11 Å². The largest absolute Gasteiger partial charge is 0.393 e. The smallest absolute Gasteiger partial charge is 0.0543 e. The summed E-state index contributed by atoms with van der Waals surface area (Å²) in [6.07, 6.45) is 17.2. The molecule has 1 N–H and O–H groups in total. The molecule has 0 radical (unpaired) electrons. The molecule has 0 heterocycles. The molecule has 1 heteroatoms. The first-order valence-corrected chi connectivity index (χ1v) is 13.6. The average Bonchev–Trinajstić information content (AvgIpc) is 3.06. The zero-order valence-electron chi connectivity index (χ0n) is 20.9. The number of allylic oxidation sites excluding steroid dienone is 2. The minimum absolute atomic E-state index is 0.0404. The second-order valence-electron chi connectivity index (χ2n) is 12.9. The highest BCUT2D eigenvalue weighted by Crippen LogP contribution is 2.67. The maximum Gasteiger partial charge on any atom is 0.0543 e. The topological polar surface area (TPSA) is 20.2 Å². The molecule has 3 saturated carbocycles. The first-order chi connectivity index (χ1) is 14.2. The van der Waals surface area contributed by atoms with Gasteiger partial charge in [0.15, 0.2) is 0 Å². The predicted octanol–water partition coefficient (Wildman–Crippen LogP) is 8.02. The van der Waals surface area contributed by atoms with Crippen molar-refractivity contribution in [1.29, 1.82) is 0 Å². The van der Waals surface area contributed by atoms with Crippen molar-refractivity contribution in [1.82, 2.24) is 0 Å². The Hall–Kier alpha value is -0.300. The summed E-state index contributed by atoms with van der Waals surface area (Å²) in [5.41, 5.74) is 2.88. The Morgan fingerprint density at radius 1 is 0.967 bits per heavy atom. The summed E-state index contributed by atoms with van der Waals surface area (Å²) < 4.78 is 0. The van der Waals surface area contributed by atoms with Crippen LogP contribution < -0.4 is 0 Å². The summed E-state index contributed by atoms with van der Waals surface area (Å²) in [7, 11) is 0. The molecule has 0 aromatic heterocycles. The van der Waals surface area contributed by atoms with Gasteiger partial charge in [0.05, 0.1) is 6.10 Å². The minimum atomic E-state index is -0.0404. The Labute approximate surface area is 187 Å². The van der Waals surface area contributed by atoms with Gasteiger partial charge in [0.1, 0.15) is 0 Å². The van der Waals surface area contributed by atoms with Crippen LogP contribution in [0.1, 0.15) is 112 Å². The summed E-state index contributed by atoms with van der Waals surface area (Å²) in [6, 6.07) is 0. The number of aliphatic hydroxyl groups excluding tert-OH is 1. The lowest BCUT2D eigenvalue weighted by Crippen LogP contribution is -2.49. The third-order valence-corrected chi connectivity index (χ3v) is 11.3. The standard InChI is InChI=1S/C29H50O/c1-7-21(19(2)3)9-8-20(4)25-12-13-26-24-11-10-22-18-23(30)14-16-28(22,5)27(24)15-17-29(25,26)6/h11,19-23,25-27,30H,7-10,12-18H2,1-6H3/t20?,21?,22-,23-,25?,26?,27?,28?,29?/m0/s1. The van der Waals surface area contributed by atoms with Gasteiger partial charge in [-0.3, -0.25) is 0 Å². The summed E-state index contributed by atoms with van der Waals surface area (Å²) in [5, 5.41) is 10.3. The average molecular weight is 415 g/mol. The maximum atomic E-state index is 10.3. The molecule has 172 valence electrons. The van der Waals surface area contributed by atoms with Gasteiger partial charge in [0.2, 0.25) is 0 Å². The number of fused-ring (bicyclic) bond motifs is 5. The van der Waals surface area contributed by atoms with Crippen molar-refractivity contribution < 1.29 is 5.11 Å². The van der Waals surface area contributed by atoms with Crippen LogP contribution in [0.3, 0.4) is 0 Å². The van der Waals surface area contributed by atoms with Crippen molar-refractivity contribution >= 4 is 0 Å². The fraction of sp³-hybridized carbons (Fsp3) is 0.931. The van der Waals surface area contributed by atoms with Gasteiger partial charge in [-0.05, 0) is 110 Å². The molecule has 7 unspecified atom stereocenters. The van der Waals surface area contributed by atoms with Gasteiger partial charge in [0, 0.05) is 0 Å². The van der Waals surface area contributed by atoms with Crippen LogP contribution >= 0.6 is 0 Å². The Bertz CT molecular complexity index is 634. The summed E-state index contributed by atoms with van der Waals surface area (Å²) in [5.74, 6) is 5.92. The highest BCUT2D eigenvalue weighted by molar-refractivity contribution is 5.27. The predicted molar refractivity (Wildman–Crippen MR) is 128 cm³/mol. The van der Waals surface area contributed by atoms with Gasteiger partial charge < -0.3 is 5.11 Å². The van der Waals surface area contributed by atoms with Crippen LogP contribution in [-0.2, 0) is 0 Å². The van der Waals surface area contributed by atoms with Crippen LogP contribution in [0.15, 0.2) is 11.6 Å². The lowest BCUT2D eigenvalue weighted by Gasteiger charge is -2.57. The molecule has 0 bridgehead atoms. The van der Waals surface area contributed by atoms with E-state index >= 15 is 0 Å². The zero-order valence-corrected chi connectivity index (χ0v) is 20.9. The highest BCUT2D eigenvalue weighted by Gasteiger charge is 2.58. The van der Waals surface area contributed by atoms with Crippen molar-refractivity contribution in [3.63, 3.8) is 0 Å². The highest BCUT2D eigenvalue weighted by atomic mass is 16.3. The molecular formula is C29H50O. The molecule has 0 saturated heterocycles. The lowest BCUT2D eigenvalue weighted by atomic mass is 9.47. The van der Waals surface area contributed by atoms with E-state index in [2.05, 4.69) is 47.6 Å². The van der Waals surface area contributed by atoms with E-state index in [1.807, 2.05) is 5.57 Å². The van der Waals surface area contributed by atoms with Crippen LogP contribution in [0.5, 0.6) is 0 Å². The van der Waals surface area contributed by atoms with Crippen molar-refractivity contribution in [2.45, 2.75) is 118 Å². The molecule has 0 spiro atoms. The molecule has 0 aliphatic heterocycles. The third kappa shape index (κ3) is 3.74. The molecule has 30 heavy (non-hydrogen) atoms. The number of aliphatic hydroxyl groups is 1. The number of hydrogen-bond acceptors (Lipinski definition) is 1. The van der Waals surface area contributed by atoms with Gasteiger partial charge in [-0.15, -0.1) is 0 Å². The third-order valence-electron chi connectivity index (χ3n) is 11.3. The fourth-order valence-electron chi connectivity index (χ4n) is 9.15. The molecule has 0 aromatic rings. The van der Waals surface area contributed by atoms with Crippen molar-refractivity contribution in [3.8, 4) is 0 Å². The van der Waals surface area contributed by atoms with Gasteiger partial charge in [-0.1, -0.05) is 66.0 Å². The summed E-state index contributed by atoms with van der Waals surface area (Å²) >= 11 is 0. The summed E-state index contributed by atoms with van der Waals surface area (Å²) in [4.78, 5) is 0. The van der Waals surface area contributed by atoms with Crippen LogP contribution in [-0.4, -0.2) is 11.2 Å². The first kappa shape index (κ1) is 22.9. The van der Waals surface area contributed by atoms with Crippen LogP contribution in [0.4, 0.5) is 0 Å². The first-order valence-electron chi connectivity index (χ1n) is 13.6. The van der Waals surface area contributed by atoms with Crippen LogP contribution in [0, 0.1) is 52.3 Å². The molecule has 4 aliphatic rings. The van der Waals surface area contributed by atoms with E-state index in [0.29, 0.717) is 10.8 Å². The van der Waals surface area contributed by atoms with Gasteiger partial charge >= 0.3 is 0 Å². The van der Waals surface area contributed by atoms with Gasteiger partial charge in [-0.25, -0.2) is 0 Å². The second-order valence-corrected chi connectivity index (χ2v) is 12.9. The SMILES string of the molecule is CCC(CCC(C)C1CCC2C3=CC[C@H]4C[C@@H](O)CCC4(C)C3CCC21C)C(C)C. The Morgan fingerprint density at radius 3 is 2.37 bits per heavy atom. The van der Waals surface area contributed by atoms with E-state index in [-0.39, 0.29) is 6.10 Å². The molecular weight excluding hydrogens is 364 g/mol. The molecule has 3 fully saturated rings. The van der Waals surface area contributed by atoms with Crippen molar-refractivity contribution in [3.05, 3.63) is 11.6 Å². The molecule has 4 aliphatic carbocycles. The second kappa shape index (κ2) is 8.57. The molecule has 0 aromatic carbocycles. The van der Waals surface area contributed by atoms with Crippen LogP contribution in [0.25, 0.3) is 0 Å². The quantitative estimate of drug-likeness (QED) is 0.436. The molecule has 0 amide bonds. The Kier molecular flexibility index (Phi) is 6.53. The van der Waals surface area contributed by atoms with E-state index in [0.717, 1.165) is 54.3 Å². The maximum absolute atomic E-state index is 10.3. The van der Waals surface area contributed by atoms with Crippen LogP contribution in [0.2, 0.25) is 0 Å². The van der Waals surface area contributed by atoms with E-state index < -0.39 is 0 Å². The zero-order chi connectivity index (χ0) is 21.7. The fourth-order valence-corrected chi connectivity index (χ4v) is 9.15. The van der Waals surface area contributed by atoms with Crippen molar-refractivity contribution in [2.24, 2.45) is 52.3 Å². The lowest BCUT2D eigenvalue weighted by molar-refractivity contribution is -0.0428. The van der Waals surface area contributed by atoms with E-state index in [1.54, 1.807) is 0 Å². The number of rotatable bonds is 6. The number of hydrogen-bond donors (Lipinski definition) is 1. The summed E-state index contributed by atoms with van der Waals surface area (Å²) in [6.45, 7) is 15.1. The van der Waals surface area contributed by atoms with Gasteiger partial charge in [-0.2, -0.15) is 0 Å².